The van der Waals surface area contributed by atoms with E-state index < -0.39 is 0 Å². The van der Waals surface area contributed by atoms with Crippen LogP contribution in [-0.4, -0.2) is 36.1 Å². The van der Waals surface area contributed by atoms with Gasteiger partial charge in [0.25, 0.3) is 0 Å². The van der Waals surface area contributed by atoms with Crippen molar-refractivity contribution in [3.63, 3.8) is 0 Å². The lowest BCUT2D eigenvalue weighted by Gasteiger charge is -2.36. The van der Waals surface area contributed by atoms with E-state index in [2.05, 4.69) is 26.4 Å². The number of nitrogens with zero attached hydrogens (tertiary/aromatic N) is 7. The highest BCUT2D eigenvalue weighted by molar-refractivity contribution is 5.60. The van der Waals surface area contributed by atoms with E-state index >= 15 is 0 Å². The fraction of sp³-hybridized carbons (Fsp3) is 0.300. The lowest BCUT2D eigenvalue weighted by atomic mass is 9.97. The van der Waals surface area contributed by atoms with Gasteiger partial charge in [-0.2, -0.15) is 9.61 Å². The Hall–Kier alpha value is -3.29. The fourth-order valence-corrected chi connectivity index (χ4v) is 3.91. The lowest BCUT2D eigenvalue weighted by molar-refractivity contribution is 0.467. The summed E-state index contributed by atoms with van der Waals surface area (Å²) in [4.78, 5) is 2.30. The Morgan fingerprint density at radius 1 is 1.07 bits per heavy atom. The Morgan fingerprint density at radius 2 is 1.96 bits per heavy atom. The molecule has 0 radical (unpaired) electrons. The summed E-state index contributed by atoms with van der Waals surface area (Å²) in [6, 6.07) is 10.6. The molecule has 3 aromatic heterocycles. The third-order valence-electron chi connectivity index (χ3n) is 5.27. The predicted molar refractivity (Wildman–Crippen MR) is 103 cm³/mol. The third kappa shape index (κ3) is 2.81. The molecule has 0 aliphatic carbocycles. The number of hydrogen-bond donors (Lipinski definition) is 0. The van der Waals surface area contributed by atoms with Crippen molar-refractivity contribution in [1.82, 2.24) is 29.6 Å². The van der Waals surface area contributed by atoms with Crippen LogP contribution in [0.2, 0.25) is 0 Å². The summed E-state index contributed by atoms with van der Waals surface area (Å²) >= 11 is 0. The first kappa shape index (κ1) is 16.9. The highest BCUT2D eigenvalue weighted by Gasteiger charge is 2.27. The number of benzene rings is 1. The standard InChI is InChI=1S/C20H20FN7/c1-26-13-14(12-22-26)17-8-4-5-11-27(17)19-10-9-18-23-24-20(28(18)25-19)15-6-2-3-7-16(15)21/h2-3,6-7,9-10,12-13,17H,4-5,8,11H2,1H3. The Kier molecular flexibility index (Phi) is 4.03. The molecule has 4 aromatic rings. The number of halogens is 1. The SMILES string of the molecule is Cn1cc(C2CCCCN2c2ccc3nnc(-c4ccccc4F)n3n2)cn1. The first-order valence-corrected chi connectivity index (χ1v) is 9.43. The number of fused-ring (bicyclic) bond motifs is 1. The van der Waals surface area contributed by atoms with E-state index in [1.807, 2.05) is 30.1 Å². The molecule has 0 bridgehead atoms. The van der Waals surface area contributed by atoms with Crippen LogP contribution < -0.4 is 4.90 Å². The van der Waals surface area contributed by atoms with Crippen LogP contribution in [0.5, 0.6) is 0 Å². The molecule has 5 rings (SSSR count). The van der Waals surface area contributed by atoms with E-state index in [4.69, 9.17) is 5.10 Å². The van der Waals surface area contributed by atoms with E-state index in [0.717, 1.165) is 25.2 Å². The molecule has 8 heteroatoms. The second-order valence-electron chi connectivity index (χ2n) is 7.12. The summed E-state index contributed by atoms with van der Waals surface area (Å²) in [5.41, 5.74) is 2.17. The van der Waals surface area contributed by atoms with Gasteiger partial charge in [0, 0.05) is 25.4 Å². The zero-order valence-corrected chi connectivity index (χ0v) is 15.5. The average Bonchev–Trinajstić information content (AvgIpc) is 3.34. The van der Waals surface area contributed by atoms with Crippen LogP contribution in [0.3, 0.4) is 0 Å². The van der Waals surface area contributed by atoms with Gasteiger partial charge in [-0.25, -0.2) is 4.39 Å². The van der Waals surface area contributed by atoms with E-state index in [9.17, 15) is 4.39 Å². The number of hydrogen-bond acceptors (Lipinski definition) is 5. The normalized spacial score (nSPS) is 17.4. The maximum absolute atomic E-state index is 14.3. The Balaban J connectivity index is 1.59. The number of aromatic nitrogens is 6. The first-order valence-electron chi connectivity index (χ1n) is 9.43. The average molecular weight is 377 g/mol. The molecule has 1 aliphatic rings. The summed E-state index contributed by atoms with van der Waals surface area (Å²) < 4.78 is 17.7. The minimum Gasteiger partial charge on any atom is -0.348 e. The van der Waals surface area contributed by atoms with E-state index in [1.54, 1.807) is 22.7 Å². The molecule has 7 nitrogen and oxygen atoms in total. The summed E-state index contributed by atoms with van der Waals surface area (Å²) in [6.07, 6.45) is 7.31. The van der Waals surface area contributed by atoms with Gasteiger partial charge in [0.2, 0.25) is 0 Å². The number of aryl methyl sites for hydroxylation is 1. The van der Waals surface area contributed by atoms with Crippen molar-refractivity contribution in [3.8, 4) is 11.4 Å². The van der Waals surface area contributed by atoms with Gasteiger partial charge in [0.15, 0.2) is 11.5 Å². The van der Waals surface area contributed by atoms with Gasteiger partial charge < -0.3 is 4.90 Å². The summed E-state index contributed by atoms with van der Waals surface area (Å²) in [7, 11) is 1.93. The van der Waals surface area contributed by atoms with Crippen molar-refractivity contribution in [1.29, 1.82) is 0 Å². The van der Waals surface area contributed by atoms with Crippen LogP contribution in [-0.2, 0) is 7.05 Å². The molecule has 0 N–H and O–H groups in total. The molecule has 1 saturated heterocycles. The number of anilines is 1. The van der Waals surface area contributed by atoms with Gasteiger partial charge in [-0.15, -0.1) is 15.3 Å². The van der Waals surface area contributed by atoms with Crippen molar-refractivity contribution in [2.24, 2.45) is 7.05 Å². The van der Waals surface area contributed by atoms with Crippen LogP contribution in [0.25, 0.3) is 17.0 Å². The van der Waals surface area contributed by atoms with Crippen LogP contribution >= 0.6 is 0 Å². The molecule has 0 spiro atoms. The van der Waals surface area contributed by atoms with Crippen molar-refractivity contribution < 1.29 is 4.39 Å². The van der Waals surface area contributed by atoms with Gasteiger partial charge in [0.05, 0.1) is 17.8 Å². The highest BCUT2D eigenvalue weighted by atomic mass is 19.1. The molecule has 28 heavy (non-hydrogen) atoms. The maximum atomic E-state index is 14.3. The zero-order valence-electron chi connectivity index (χ0n) is 15.5. The fourth-order valence-electron chi connectivity index (χ4n) is 3.91. The monoisotopic (exact) mass is 377 g/mol. The third-order valence-corrected chi connectivity index (χ3v) is 5.27. The highest BCUT2D eigenvalue weighted by Crippen LogP contribution is 2.34. The minimum absolute atomic E-state index is 0.223. The van der Waals surface area contributed by atoms with Gasteiger partial charge in [0.1, 0.15) is 11.6 Å². The predicted octanol–water partition coefficient (Wildman–Crippen LogP) is 3.40. The largest absolute Gasteiger partial charge is 0.348 e. The van der Waals surface area contributed by atoms with Crippen molar-refractivity contribution in [2.75, 3.05) is 11.4 Å². The maximum Gasteiger partial charge on any atom is 0.188 e. The van der Waals surface area contributed by atoms with Gasteiger partial charge >= 0.3 is 0 Å². The van der Waals surface area contributed by atoms with E-state index in [0.29, 0.717) is 17.0 Å². The smallest absolute Gasteiger partial charge is 0.188 e. The molecule has 142 valence electrons. The van der Waals surface area contributed by atoms with E-state index in [1.165, 1.54) is 18.1 Å². The van der Waals surface area contributed by atoms with Gasteiger partial charge in [-0.3, -0.25) is 4.68 Å². The zero-order chi connectivity index (χ0) is 19.1. The van der Waals surface area contributed by atoms with Crippen molar-refractivity contribution >= 4 is 11.5 Å². The second-order valence-corrected chi connectivity index (χ2v) is 7.12. The molecule has 1 unspecified atom stereocenters. The van der Waals surface area contributed by atoms with Crippen LogP contribution in [0, 0.1) is 5.82 Å². The summed E-state index contributed by atoms with van der Waals surface area (Å²) in [5.74, 6) is 0.901. The number of piperidine rings is 1. The van der Waals surface area contributed by atoms with E-state index in [-0.39, 0.29) is 11.9 Å². The van der Waals surface area contributed by atoms with Crippen LogP contribution in [0.15, 0.2) is 48.8 Å². The summed E-state index contributed by atoms with van der Waals surface area (Å²) in [5, 5.41) is 17.4. The topological polar surface area (TPSA) is 64.1 Å². The van der Waals surface area contributed by atoms with Gasteiger partial charge in [-0.05, 0) is 43.5 Å². The molecule has 0 saturated carbocycles. The molecule has 1 atom stereocenters. The quantitative estimate of drug-likeness (QED) is 0.548. The van der Waals surface area contributed by atoms with Gasteiger partial charge in [-0.1, -0.05) is 12.1 Å². The Bertz CT molecular complexity index is 1130. The second kappa shape index (κ2) is 6.70. The van der Waals surface area contributed by atoms with Crippen LogP contribution in [0.1, 0.15) is 30.9 Å². The van der Waals surface area contributed by atoms with Crippen molar-refractivity contribution in [3.05, 3.63) is 60.2 Å². The Morgan fingerprint density at radius 3 is 2.79 bits per heavy atom. The Labute approximate surface area is 161 Å². The minimum atomic E-state index is -0.338. The molecule has 1 aliphatic heterocycles. The van der Waals surface area contributed by atoms with Crippen molar-refractivity contribution in [2.45, 2.75) is 25.3 Å². The van der Waals surface area contributed by atoms with Crippen LogP contribution in [0.4, 0.5) is 10.2 Å². The molecular weight excluding hydrogens is 357 g/mol. The molecule has 0 amide bonds. The molecular formula is C20H20FN7. The molecule has 4 heterocycles. The first-order chi connectivity index (χ1) is 13.7. The lowest BCUT2D eigenvalue weighted by Crippen LogP contribution is -2.34. The molecule has 1 fully saturated rings. The molecule has 1 aromatic carbocycles. The summed E-state index contributed by atoms with van der Waals surface area (Å²) in [6.45, 7) is 0.912. The number of rotatable bonds is 3.